The molecule has 0 aliphatic carbocycles. The molecular weight excluding hydrogens is 1480 g/mol. The quantitative estimate of drug-likeness (QED) is 0.00849. The van der Waals surface area contributed by atoms with E-state index in [0.717, 1.165) is 20.7 Å². The van der Waals surface area contributed by atoms with Gasteiger partial charge < -0.3 is 75.3 Å². The molecule has 3 unspecified atom stereocenters. The molecule has 42 nitrogen and oxygen atoms in total. The molecule has 2 aromatic carbocycles. The van der Waals surface area contributed by atoms with Crippen LogP contribution in [0.25, 0.3) is 32.8 Å². The highest BCUT2D eigenvalue weighted by molar-refractivity contribution is 7.47. The van der Waals surface area contributed by atoms with Crippen LogP contribution >= 0.6 is 15.6 Å². The average molecular weight is 1570 g/mol. The highest BCUT2D eigenvalue weighted by Crippen LogP contribution is 2.55. The molecule has 45 heteroatoms. The summed E-state index contributed by atoms with van der Waals surface area (Å²) in [6.07, 6.45) is -11.8. The number of rotatable bonds is 26. The molecule has 0 radical (unpaired) electrons. The molecule has 108 heavy (non-hydrogen) atoms. The molecule has 4 aromatic heterocycles. The number of aromatic amines is 1. The molecule has 0 saturated carbocycles. The number of carbonyl (C=O) groups is 8. The van der Waals surface area contributed by atoms with Crippen LogP contribution in [0.5, 0.6) is 0 Å². The lowest BCUT2D eigenvalue weighted by molar-refractivity contribution is -0.131. The van der Waals surface area contributed by atoms with Gasteiger partial charge in [-0.05, 0) is 72.3 Å². The second-order valence-electron chi connectivity index (χ2n) is 27.5. The number of benzene rings is 2. The molecule has 6 aromatic rings. The van der Waals surface area contributed by atoms with Crippen molar-refractivity contribution in [1.29, 1.82) is 0 Å². The van der Waals surface area contributed by atoms with Crippen LogP contribution in [0.3, 0.4) is 0 Å². The summed E-state index contributed by atoms with van der Waals surface area (Å²) >= 11 is 0. The third kappa shape index (κ3) is 20.7. The number of ether oxygens (including phenoxy) is 4. The van der Waals surface area contributed by atoms with Crippen molar-refractivity contribution in [2.45, 2.75) is 147 Å². The number of phosphoric ester groups is 2. The van der Waals surface area contributed by atoms with E-state index in [9.17, 15) is 62.1 Å². The first-order chi connectivity index (χ1) is 50.9. The first-order valence-corrected chi connectivity index (χ1v) is 39.8. The monoisotopic (exact) mass is 1560 g/mol. The van der Waals surface area contributed by atoms with E-state index in [4.69, 9.17) is 52.7 Å². The van der Waals surface area contributed by atoms with Gasteiger partial charge in [0.1, 0.15) is 62.1 Å². The molecule has 3 fully saturated rings. The van der Waals surface area contributed by atoms with Crippen molar-refractivity contribution in [2.75, 3.05) is 69.4 Å². The number of carbonyl (C=O) groups excluding carboxylic acids is 8. The zero-order valence-electron chi connectivity index (χ0n) is 60.6. The van der Waals surface area contributed by atoms with E-state index in [0.29, 0.717) is 11.1 Å². The number of nitrogens with two attached hydrogens (primary N) is 1. The molecule has 3 saturated heterocycles. The van der Waals surface area contributed by atoms with Crippen LogP contribution in [0.15, 0.2) is 83.5 Å². The Morgan fingerprint density at radius 3 is 1.99 bits per heavy atom. The van der Waals surface area contributed by atoms with Gasteiger partial charge >= 0.3 is 33.9 Å². The van der Waals surface area contributed by atoms with E-state index in [1.165, 1.54) is 43.4 Å². The van der Waals surface area contributed by atoms with E-state index in [-0.39, 0.29) is 78.9 Å². The van der Waals surface area contributed by atoms with Gasteiger partial charge in [0.15, 0.2) is 55.0 Å². The molecule has 0 bridgehead atoms. The van der Waals surface area contributed by atoms with E-state index < -0.39 is 175 Å². The smallest absolute Gasteiger partial charge is 0.445 e. The Bertz CT molecular complexity index is 4500. The van der Waals surface area contributed by atoms with Crippen molar-refractivity contribution in [3.05, 3.63) is 106 Å². The number of azide groups is 1. The summed E-state index contributed by atoms with van der Waals surface area (Å²) in [5.74, 6) is -4.53. The number of imidazole rings is 2. The van der Waals surface area contributed by atoms with Crippen molar-refractivity contribution in [2.24, 2.45) is 22.7 Å². The number of likely N-dealkylation sites (N-methyl/N-ethyl adjacent to an activating group) is 2. The Balaban J connectivity index is 0.916. The van der Waals surface area contributed by atoms with Crippen molar-refractivity contribution in [3.63, 3.8) is 0 Å². The van der Waals surface area contributed by atoms with Crippen LogP contribution in [0.1, 0.15) is 89.7 Å². The third-order valence-electron chi connectivity index (χ3n) is 17.9. The first kappa shape index (κ1) is 82.2. The maximum Gasteiger partial charge on any atom is 0.472 e. The summed E-state index contributed by atoms with van der Waals surface area (Å²) in [7, 11) is -11.3. The number of H-pyrrole nitrogens is 1. The highest BCUT2D eigenvalue weighted by Gasteiger charge is 2.58. The fourth-order valence-corrected chi connectivity index (χ4v) is 14.1. The van der Waals surface area contributed by atoms with Gasteiger partial charge in [0.25, 0.3) is 11.5 Å². The minimum absolute atomic E-state index is 0.0136. The van der Waals surface area contributed by atoms with Gasteiger partial charge in [-0.25, -0.2) is 43.4 Å². The highest BCUT2D eigenvalue weighted by atomic mass is 31.2. The minimum atomic E-state index is -5.52. The van der Waals surface area contributed by atoms with Crippen molar-refractivity contribution >= 4 is 111 Å². The largest absolute Gasteiger partial charge is 0.472 e. The van der Waals surface area contributed by atoms with Crippen LogP contribution < -0.4 is 43.2 Å². The van der Waals surface area contributed by atoms with Crippen molar-refractivity contribution in [1.82, 2.24) is 64.8 Å². The van der Waals surface area contributed by atoms with Crippen molar-refractivity contribution in [3.8, 4) is 0 Å². The fourth-order valence-electron chi connectivity index (χ4n) is 10.9. The lowest BCUT2D eigenvalue weighted by atomic mass is 10.0. The minimum Gasteiger partial charge on any atom is -0.445 e. The Morgan fingerprint density at radius 1 is 0.787 bits per heavy atom. The molecule has 9 rings (SSSR count). The number of aromatic nitrogens is 8. The summed E-state index contributed by atoms with van der Waals surface area (Å²) in [4.78, 5) is 171. The van der Waals surface area contributed by atoms with Crippen LogP contribution in [0.2, 0.25) is 18.1 Å². The van der Waals surface area contributed by atoms with Gasteiger partial charge in [0.2, 0.25) is 29.6 Å². The van der Waals surface area contributed by atoms with Crippen LogP contribution in [-0.4, -0.2) is 217 Å². The van der Waals surface area contributed by atoms with Gasteiger partial charge in [0.05, 0.1) is 25.9 Å². The van der Waals surface area contributed by atoms with Crippen LogP contribution in [-0.2, 0) is 76.4 Å². The summed E-state index contributed by atoms with van der Waals surface area (Å²) in [6, 6.07) is 11.3. The molecule has 3 aliphatic rings. The number of hydrogen-bond donors (Lipinski definition) is 10. The Labute approximate surface area is 617 Å². The number of urea groups is 1. The van der Waals surface area contributed by atoms with Gasteiger partial charge in [-0.1, -0.05) is 83.9 Å². The van der Waals surface area contributed by atoms with Crippen molar-refractivity contribution < 1.29 is 98.7 Å². The number of fused-ring (bicyclic) bond motifs is 4. The summed E-state index contributed by atoms with van der Waals surface area (Å²) in [5, 5.41) is 18.2. The zero-order chi connectivity index (χ0) is 78.7. The van der Waals surface area contributed by atoms with E-state index in [1.54, 1.807) is 70.2 Å². The Kier molecular flexibility index (Phi) is 26.6. The average Bonchev–Trinajstić information content (AvgIpc) is 1.60. The number of primary amides is 1. The standard InChI is InChI=1S/C63H86N20O22P2Si/c1-33(2)42(74-41(84)26-71-79-65)55(88)73-38(18-15-23-66-59(64)90)54(87)72-37-21-19-35(20-22-37)27-97-61(91)80(8)24-25-81(9)62(92)102-47-45-39(100-57(47)83-32-70-44-51(83)76-60(78-56(44)89)77-52(85)34(3)4)28-98-107(95,96)104-46-40(29-99-106(93,94)103-45)101-58(48(46)105-108(10,11)63(5,6)7)82-31-69-43-49(67-30-68-50(43)82)75-53(86)36-16-13-12-14-17-36/h12-14,16-17,19-22,30-34,38-40,42,45-48,57-58H,15,18,23-29H2,1-11H3,(H,72,87)(H,73,88)(H,74,84)(H,93,94)(H,95,96)(H3,64,66,90)(H,67,68,75,86)(H2,76,77,78,85,89)/t38-,39+,40?,42-,45+,46+,47+,48+,57+,58+/m0/s1. The molecule has 0 spiro atoms. The topological polar surface area (TPSA) is 555 Å². The number of nitrogens with zero attached hydrogens (tertiary/aromatic N) is 12. The SMILES string of the molecule is CC(C)C(=O)Nc1nc2c(ncn2[C@@H]2O[C@@H]3COP(=O)(O)O[C@@H]4C(COP(=O)(O)O[C@H]3[C@H]2OC(=O)N(C)CCN(C)C(=O)OCc2ccc(NC(=O)[C@H](CCCNC(N)=O)NC(=O)[C@@H](NC(=O)CN=[N+]=[N-])C(C)C)cc2)O[C@@H](n2cnc3c(NC(=O)c5ccccc5)ncnc32)[C@@H]4O[Si](C)(C)C(C)(C)C)c(=O)[nH]1. The van der Waals surface area contributed by atoms with E-state index in [1.807, 2.05) is 33.9 Å². The summed E-state index contributed by atoms with van der Waals surface area (Å²) in [6.45, 7) is 12.8. The number of hydrogen-bond acceptors (Lipinski definition) is 26. The predicted octanol–water partition coefficient (Wildman–Crippen LogP) is 5.04. The molecule has 584 valence electrons. The molecule has 12 atom stereocenters. The molecule has 3 aliphatic heterocycles. The second-order valence-corrected chi connectivity index (χ2v) is 35.1. The van der Waals surface area contributed by atoms with E-state index >= 15 is 0 Å². The summed E-state index contributed by atoms with van der Waals surface area (Å²) < 4.78 is 86.7. The lowest BCUT2D eigenvalue weighted by Crippen LogP contribution is -2.55. The molecule has 9 amide bonds. The second kappa shape index (κ2) is 35.0. The van der Waals surface area contributed by atoms with E-state index in [2.05, 4.69) is 71.8 Å². The molecule has 11 N–H and O–H groups in total. The lowest BCUT2D eigenvalue weighted by Gasteiger charge is -2.40. The number of anilines is 3. The van der Waals surface area contributed by atoms with Crippen LogP contribution in [0.4, 0.5) is 31.8 Å². The van der Waals surface area contributed by atoms with Crippen LogP contribution in [0, 0.1) is 11.8 Å². The third-order valence-corrected chi connectivity index (χ3v) is 24.3. The number of nitrogens with one attached hydrogen (secondary N) is 7. The first-order valence-electron chi connectivity index (χ1n) is 33.9. The summed E-state index contributed by atoms with van der Waals surface area (Å²) in [5.41, 5.74) is 13.6. The maximum absolute atomic E-state index is 14.7. The van der Waals surface area contributed by atoms with Gasteiger partial charge in [-0.15, -0.1) is 0 Å². The molecular formula is C63H86N20O22P2Si. The Morgan fingerprint density at radius 2 is 1.39 bits per heavy atom. The number of phosphoric acid groups is 2. The zero-order valence-corrected chi connectivity index (χ0v) is 63.4. The Hall–Kier alpha value is -9.87. The van der Waals surface area contributed by atoms with Gasteiger partial charge in [-0.3, -0.25) is 66.3 Å². The normalized spacial score (nSPS) is 22.9. The van der Waals surface area contributed by atoms with Gasteiger partial charge in [0, 0.05) is 55.8 Å². The number of amides is 9. The maximum atomic E-state index is 14.7. The van der Waals surface area contributed by atoms with Gasteiger partial charge in [-0.2, -0.15) is 4.98 Å². The molecule has 7 heterocycles. The predicted molar refractivity (Wildman–Crippen MR) is 383 cm³/mol. The fraction of sp³-hybridized carbons (Fsp3) is 0.524.